The second-order valence-corrected chi connectivity index (χ2v) is 8.78. The lowest BCUT2D eigenvalue weighted by Gasteiger charge is -2.20. The molecule has 6 nitrogen and oxygen atoms in total. The van der Waals surface area contributed by atoms with Crippen LogP contribution >= 0.6 is 0 Å². The number of alkyl halides is 6. The van der Waals surface area contributed by atoms with Crippen molar-refractivity contribution in [1.29, 1.82) is 0 Å². The van der Waals surface area contributed by atoms with Gasteiger partial charge in [-0.2, -0.15) is 26.3 Å². The van der Waals surface area contributed by atoms with Crippen LogP contribution in [0.15, 0.2) is 60.9 Å². The Morgan fingerprint density at radius 2 is 1.27 bits per heavy atom. The minimum Gasteiger partial charge on any atom is -0.444 e. The van der Waals surface area contributed by atoms with E-state index in [0.717, 1.165) is 12.1 Å². The lowest BCUT2D eigenvalue weighted by Crippen LogP contribution is -2.27. The van der Waals surface area contributed by atoms with Gasteiger partial charge in [0.2, 0.25) is 0 Å². The number of anilines is 2. The summed E-state index contributed by atoms with van der Waals surface area (Å²) in [6, 6.07) is 9.81. The lowest BCUT2D eigenvalue weighted by atomic mass is 10.1. The Bertz CT molecular complexity index is 1430. The van der Waals surface area contributed by atoms with Crippen LogP contribution in [-0.4, -0.2) is 21.7 Å². The summed E-state index contributed by atoms with van der Waals surface area (Å²) >= 11 is 0. The number of hydrogen-bond acceptors (Lipinski definition) is 5. The highest BCUT2D eigenvalue weighted by Crippen LogP contribution is 2.37. The van der Waals surface area contributed by atoms with Crippen molar-refractivity contribution < 1.29 is 35.9 Å². The summed E-state index contributed by atoms with van der Waals surface area (Å²) in [6.07, 6.45) is -6.85. The molecule has 2 aromatic carbocycles. The van der Waals surface area contributed by atoms with Crippen molar-refractivity contribution >= 4 is 39.3 Å². The third kappa shape index (κ3) is 6.78. The number of rotatable bonds is 1. The fourth-order valence-corrected chi connectivity index (χ4v) is 3.38. The molecule has 2 aromatic heterocycles. The van der Waals surface area contributed by atoms with Crippen LogP contribution in [0.1, 0.15) is 31.9 Å². The van der Waals surface area contributed by atoms with Crippen LogP contribution in [0.25, 0.3) is 21.8 Å². The Morgan fingerprint density at radius 1 is 0.784 bits per heavy atom. The molecule has 12 heteroatoms. The third-order valence-corrected chi connectivity index (χ3v) is 4.82. The number of carbonyl (C=O) groups is 1. The molecule has 2 heterocycles. The fraction of sp³-hybridized carbons (Fsp3) is 0.240. The summed E-state index contributed by atoms with van der Waals surface area (Å²) in [4.78, 5) is 19.5. The molecular weight excluding hydrogens is 502 g/mol. The minimum absolute atomic E-state index is 0.0324. The highest BCUT2D eigenvalue weighted by atomic mass is 19.4. The molecule has 0 saturated carbocycles. The molecule has 0 radical (unpaired) electrons. The number of nitrogens with one attached hydrogen (secondary N) is 1. The van der Waals surface area contributed by atoms with Crippen molar-refractivity contribution in [2.75, 3.05) is 11.1 Å². The fourth-order valence-electron chi connectivity index (χ4n) is 3.38. The van der Waals surface area contributed by atoms with Crippen LogP contribution in [0.4, 0.5) is 42.5 Å². The number of hydrogen-bond donors (Lipinski definition) is 2. The molecule has 37 heavy (non-hydrogen) atoms. The van der Waals surface area contributed by atoms with Crippen LogP contribution in [-0.2, 0) is 17.1 Å². The second kappa shape index (κ2) is 10.1. The first-order valence-electron chi connectivity index (χ1n) is 10.7. The van der Waals surface area contributed by atoms with E-state index in [1.165, 1.54) is 48.8 Å². The zero-order chi connectivity index (χ0) is 27.6. The maximum Gasteiger partial charge on any atom is 0.417 e. The SMILES string of the molecule is CC(C)(C)OC(=O)Nc1ccc(C(F)(F)F)c2cccnc12.Nc1ccc(C(F)(F)F)c2cccnc12. The molecule has 0 aliphatic carbocycles. The number of amides is 1. The molecule has 1 amide bonds. The van der Waals surface area contributed by atoms with E-state index >= 15 is 0 Å². The van der Waals surface area contributed by atoms with E-state index < -0.39 is 35.2 Å². The van der Waals surface area contributed by atoms with Gasteiger partial charge in [-0.25, -0.2) is 4.79 Å². The van der Waals surface area contributed by atoms with E-state index in [4.69, 9.17) is 10.5 Å². The Balaban J connectivity index is 0.000000220. The topological polar surface area (TPSA) is 90.1 Å². The first-order chi connectivity index (χ1) is 17.1. The first-order valence-corrected chi connectivity index (χ1v) is 10.7. The molecule has 4 rings (SSSR count). The van der Waals surface area contributed by atoms with Crippen LogP contribution in [0.3, 0.4) is 0 Å². The van der Waals surface area contributed by atoms with Gasteiger partial charge in [0.25, 0.3) is 0 Å². The number of pyridine rings is 2. The molecule has 0 bridgehead atoms. The number of benzene rings is 2. The Morgan fingerprint density at radius 3 is 1.78 bits per heavy atom. The van der Waals surface area contributed by atoms with Gasteiger partial charge >= 0.3 is 18.4 Å². The van der Waals surface area contributed by atoms with Crippen molar-refractivity contribution in [2.45, 2.75) is 38.7 Å². The molecule has 0 fully saturated rings. The van der Waals surface area contributed by atoms with Gasteiger partial charge in [-0.15, -0.1) is 0 Å². The van der Waals surface area contributed by atoms with Crippen LogP contribution in [0.5, 0.6) is 0 Å². The van der Waals surface area contributed by atoms with Crippen molar-refractivity contribution in [2.24, 2.45) is 0 Å². The van der Waals surface area contributed by atoms with Gasteiger partial charge in [-0.05, 0) is 57.2 Å². The molecule has 0 aliphatic rings. The van der Waals surface area contributed by atoms with Gasteiger partial charge in [0.05, 0.1) is 33.5 Å². The normalized spacial score (nSPS) is 12.1. The molecule has 4 aromatic rings. The second-order valence-electron chi connectivity index (χ2n) is 8.78. The predicted molar refractivity (Wildman–Crippen MR) is 128 cm³/mol. The van der Waals surface area contributed by atoms with Gasteiger partial charge in [-0.3, -0.25) is 15.3 Å². The number of aromatic nitrogens is 2. The van der Waals surface area contributed by atoms with Crippen LogP contribution in [0.2, 0.25) is 0 Å². The zero-order valence-corrected chi connectivity index (χ0v) is 19.8. The van der Waals surface area contributed by atoms with E-state index in [-0.39, 0.29) is 33.2 Å². The standard InChI is InChI=1S/C15H15F3N2O2.C10H7F3N2/c1-14(2,3)22-13(21)20-11-7-6-10(15(16,17)18)9-5-4-8-19-12(9)11;11-10(12,13)7-3-4-8(14)9-6(7)2-1-5-15-9/h4-8H,1-3H3,(H,20,21);1-5H,14H2. The Kier molecular flexibility index (Phi) is 7.51. The predicted octanol–water partition coefficient (Wildman–Crippen LogP) is 7.44. The van der Waals surface area contributed by atoms with Crippen molar-refractivity contribution in [3.8, 4) is 0 Å². The van der Waals surface area contributed by atoms with Crippen LogP contribution in [0, 0.1) is 0 Å². The number of nitrogens with zero attached hydrogens (tertiary/aromatic N) is 2. The molecule has 0 spiro atoms. The number of carbonyl (C=O) groups excluding carboxylic acids is 1. The number of halogens is 6. The summed E-state index contributed by atoms with van der Waals surface area (Å²) in [6.45, 7) is 5.07. The van der Waals surface area contributed by atoms with Crippen molar-refractivity contribution in [3.63, 3.8) is 0 Å². The van der Waals surface area contributed by atoms with Crippen molar-refractivity contribution in [3.05, 3.63) is 72.1 Å². The third-order valence-electron chi connectivity index (χ3n) is 4.82. The summed E-state index contributed by atoms with van der Waals surface area (Å²) in [5.41, 5.74) is 3.98. The molecule has 0 saturated heterocycles. The zero-order valence-electron chi connectivity index (χ0n) is 19.8. The maximum absolute atomic E-state index is 13.0. The summed E-state index contributed by atoms with van der Waals surface area (Å²) < 4.78 is 81.8. The van der Waals surface area contributed by atoms with E-state index in [9.17, 15) is 31.1 Å². The average molecular weight is 524 g/mol. The number of nitrogen functional groups attached to an aromatic ring is 1. The number of fused-ring (bicyclic) bond motifs is 2. The molecule has 3 N–H and O–H groups in total. The Hall–Kier alpha value is -4.09. The largest absolute Gasteiger partial charge is 0.444 e. The molecule has 0 unspecified atom stereocenters. The van der Waals surface area contributed by atoms with E-state index in [1.54, 1.807) is 20.8 Å². The van der Waals surface area contributed by atoms with Gasteiger partial charge in [0, 0.05) is 23.2 Å². The molecule has 0 atom stereocenters. The molecule has 0 aliphatic heterocycles. The Labute approximate surface area is 207 Å². The van der Waals surface area contributed by atoms with Gasteiger partial charge < -0.3 is 10.5 Å². The van der Waals surface area contributed by atoms with Gasteiger partial charge in [0.15, 0.2) is 0 Å². The van der Waals surface area contributed by atoms with Gasteiger partial charge in [0.1, 0.15) is 5.60 Å². The van der Waals surface area contributed by atoms with Crippen LogP contribution < -0.4 is 11.1 Å². The first kappa shape index (κ1) is 27.5. The van der Waals surface area contributed by atoms with Crippen molar-refractivity contribution in [1.82, 2.24) is 9.97 Å². The smallest absolute Gasteiger partial charge is 0.417 e. The minimum atomic E-state index is -4.49. The summed E-state index contributed by atoms with van der Waals surface area (Å²) in [7, 11) is 0. The monoisotopic (exact) mass is 524 g/mol. The molecule has 196 valence electrons. The quantitative estimate of drug-likeness (QED) is 0.200. The number of nitrogens with two attached hydrogens (primary N) is 1. The number of ether oxygens (including phenoxy) is 1. The van der Waals surface area contributed by atoms with E-state index in [2.05, 4.69) is 15.3 Å². The van der Waals surface area contributed by atoms with E-state index in [1.807, 2.05) is 0 Å². The highest BCUT2D eigenvalue weighted by molar-refractivity contribution is 5.99. The average Bonchev–Trinajstić information content (AvgIpc) is 2.77. The van der Waals surface area contributed by atoms with E-state index in [0.29, 0.717) is 0 Å². The summed E-state index contributed by atoms with van der Waals surface area (Å²) in [5.74, 6) is 0. The highest BCUT2D eigenvalue weighted by Gasteiger charge is 2.34. The maximum atomic E-state index is 13.0. The summed E-state index contributed by atoms with van der Waals surface area (Å²) in [5, 5.41) is 2.38. The molecular formula is C25H22F6N4O2. The lowest BCUT2D eigenvalue weighted by molar-refractivity contribution is -0.137. The van der Waals surface area contributed by atoms with Gasteiger partial charge in [-0.1, -0.05) is 12.1 Å².